The zero-order valence-corrected chi connectivity index (χ0v) is 13.7. The summed E-state index contributed by atoms with van der Waals surface area (Å²) in [6.45, 7) is 4.26. The molecule has 5 heteroatoms. The molecule has 3 N–H and O–H groups in total. The van der Waals surface area contributed by atoms with Gasteiger partial charge in [-0.1, -0.05) is 13.0 Å². The molecule has 2 heterocycles. The van der Waals surface area contributed by atoms with Crippen LogP contribution in [0.4, 0.5) is 11.4 Å². The van der Waals surface area contributed by atoms with Gasteiger partial charge in [0.15, 0.2) is 0 Å². The van der Waals surface area contributed by atoms with Crippen LogP contribution in [0, 0.1) is 11.8 Å². The summed E-state index contributed by atoms with van der Waals surface area (Å²) in [6, 6.07) is 5.76. The lowest BCUT2D eigenvalue weighted by Gasteiger charge is -2.28. The maximum Gasteiger partial charge on any atom is 0.224 e. The summed E-state index contributed by atoms with van der Waals surface area (Å²) in [5.74, 6) is 1.04. The van der Waals surface area contributed by atoms with E-state index in [9.17, 15) is 9.59 Å². The number of rotatable bonds is 4. The van der Waals surface area contributed by atoms with Crippen LogP contribution in [0.25, 0.3) is 0 Å². The standard InChI is InChI=1S/C18H25N3O2/c1-12(14-3-2-8-19-11-14)9-18(23)20-15-6-4-13-5-7-17(22)21-16(13)10-15/h4,6,10,12,14,19H,2-3,5,7-9,11H2,1H3,(H,20,23)(H,21,22). The Hall–Kier alpha value is -1.88. The van der Waals surface area contributed by atoms with Crippen LogP contribution in [0.1, 0.15) is 38.2 Å². The van der Waals surface area contributed by atoms with Gasteiger partial charge in [-0.05, 0) is 61.9 Å². The van der Waals surface area contributed by atoms with E-state index >= 15 is 0 Å². The zero-order chi connectivity index (χ0) is 16.2. The highest BCUT2D eigenvalue weighted by atomic mass is 16.2. The highest BCUT2D eigenvalue weighted by Crippen LogP contribution is 2.27. The van der Waals surface area contributed by atoms with Crippen molar-refractivity contribution in [2.24, 2.45) is 11.8 Å². The van der Waals surface area contributed by atoms with Crippen molar-refractivity contribution in [3.8, 4) is 0 Å². The van der Waals surface area contributed by atoms with Crippen LogP contribution >= 0.6 is 0 Å². The number of hydrogen-bond donors (Lipinski definition) is 3. The quantitative estimate of drug-likeness (QED) is 0.799. The summed E-state index contributed by atoms with van der Waals surface area (Å²) in [4.78, 5) is 23.8. The predicted molar refractivity (Wildman–Crippen MR) is 91.4 cm³/mol. The maximum absolute atomic E-state index is 12.3. The second kappa shape index (κ2) is 7.13. The first-order valence-corrected chi connectivity index (χ1v) is 8.55. The van der Waals surface area contributed by atoms with E-state index in [0.29, 0.717) is 24.7 Å². The van der Waals surface area contributed by atoms with Crippen molar-refractivity contribution in [1.82, 2.24) is 5.32 Å². The number of carbonyl (C=O) groups excluding carboxylic acids is 2. The Morgan fingerprint density at radius 3 is 3.04 bits per heavy atom. The van der Waals surface area contributed by atoms with Gasteiger partial charge in [0.2, 0.25) is 11.8 Å². The Kier molecular flexibility index (Phi) is 4.96. The summed E-state index contributed by atoms with van der Waals surface area (Å²) in [5.41, 5.74) is 2.71. The van der Waals surface area contributed by atoms with Gasteiger partial charge in [0.05, 0.1) is 0 Å². The number of anilines is 2. The number of benzene rings is 1. The molecular weight excluding hydrogens is 290 g/mol. The molecule has 0 saturated carbocycles. The number of piperidine rings is 1. The third-order valence-electron chi connectivity index (χ3n) is 4.94. The molecular formula is C18H25N3O2. The van der Waals surface area contributed by atoms with Gasteiger partial charge in [-0.2, -0.15) is 0 Å². The molecule has 0 radical (unpaired) electrons. The molecule has 3 rings (SSSR count). The minimum atomic E-state index is 0.0411. The van der Waals surface area contributed by atoms with E-state index in [1.165, 1.54) is 12.8 Å². The average Bonchev–Trinajstić information content (AvgIpc) is 2.55. The molecule has 0 aromatic heterocycles. The van der Waals surface area contributed by atoms with Crippen molar-refractivity contribution in [1.29, 1.82) is 0 Å². The second-order valence-corrected chi connectivity index (χ2v) is 6.76. The molecule has 0 aliphatic carbocycles. The second-order valence-electron chi connectivity index (χ2n) is 6.76. The molecule has 2 aliphatic heterocycles. The summed E-state index contributed by atoms with van der Waals surface area (Å²) in [7, 11) is 0. The van der Waals surface area contributed by atoms with Gasteiger partial charge in [-0.25, -0.2) is 0 Å². The Bertz CT molecular complexity index is 594. The van der Waals surface area contributed by atoms with E-state index in [0.717, 1.165) is 36.4 Å². The van der Waals surface area contributed by atoms with Crippen molar-refractivity contribution in [3.63, 3.8) is 0 Å². The lowest BCUT2D eigenvalue weighted by Crippen LogP contribution is -2.34. The topological polar surface area (TPSA) is 70.2 Å². The van der Waals surface area contributed by atoms with Crippen LogP contribution < -0.4 is 16.0 Å². The summed E-state index contributed by atoms with van der Waals surface area (Å²) in [6.07, 6.45) is 4.23. The Morgan fingerprint density at radius 2 is 2.26 bits per heavy atom. The van der Waals surface area contributed by atoms with E-state index in [2.05, 4.69) is 22.9 Å². The first kappa shape index (κ1) is 16.0. The number of amides is 2. The Balaban J connectivity index is 1.57. The van der Waals surface area contributed by atoms with Gasteiger partial charge >= 0.3 is 0 Å². The number of nitrogens with one attached hydrogen (secondary N) is 3. The summed E-state index contributed by atoms with van der Waals surface area (Å²) < 4.78 is 0. The number of carbonyl (C=O) groups is 2. The molecule has 1 fully saturated rings. The maximum atomic E-state index is 12.3. The molecule has 124 valence electrons. The van der Waals surface area contributed by atoms with E-state index < -0.39 is 0 Å². The summed E-state index contributed by atoms with van der Waals surface area (Å²) >= 11 is 0. The van der Waals surface area contributed by atoms with Crippen molar-refractivity contribution in [2.45, 2.75) is 39.0 Å². The molecule has 0 bridgehead atoms. The van der Waals surface area contributed by atoms with Crippen LogP contribution in [0.15, 0.2) is 18.2 Å². The Morgan fingerprint density at radius 1 is 1.39 bits per heavy atom. The fourth-order valence-corrected chi connectivity index (χ4v) is 3.49. The predicted octanol–water partition coefficient (Wildman–Crippen LogP) is 2.54. The van der Waals surface area contributed by atoms with Gasteiger partial charge in [0, 0.05) is 24.2 Å². The minimum Gasteiger partial charge on any atom is -0.326 e. The normalized spacial score (nSPS) is 22.0. The number of aryl methyl sites for hydroxylation is 1. The fourth-order valence-electron chi connectivity index (χ4n) is 3.49. The molecule has 2 amide bonds. The first-order chi connectivity index (χ1) is 11.1. The van der Waals surface area contributed by atoms with E-state index in [-0.39, 0.29) is 11.8 Å². The average molecular weight is 315 g/mol. The molecule has 5 nitrogen and oxygen atoms in total. The van der Waals surface area contributed by atoms with Crippen LogP contribution in [-0.4, -0.2) is 24.9 Å². The van der Waals surface area contributed by atoms with Gasteiger partial charge in [0.1, 0.15) is 0 Å². The smallest absolute Gasteiger partial charge is 0.224 e. The van der Waals surface area contributed by atoms with Crippen molar-refractivity contribution in [3.05, 3.63) is 23.8 Å². The Labute approximate surface area is 137 Å². The monoisotopic (exact) mass is 315 g/mol. The van der Waals surface area contributed by atoms with E-state index in [1.54, 1.807) is 0 Å². The molecule has 1 aromatic carbocycles. The van der Waals surface area contributed by atoms with Gasteiger partial charge in [-0.3, -0.25) is 9.59 Å². The van der Waals surface area contributed by atoms with Crippen molar-refractivity contribution >= 4 is 23.2 Å². The molecule has 1 saturated heterocycles. The SMILES string of the molecule is CC(CC(=O)Nc1ccc2c(c1)NC(=O)CC2)C1CCCNC1. The third kappa shape index (κ3) is 4.10. The minimum absolute atomic E-state index is 0.0411. The number of fused-ring (bicyclic) bond motifs is 1. The zero-order valence-electron chi connectivity index (χ0n) is 13.7. The molecule has 23 heavy (non-hydrogen) atoms. The molecule has 2 aliphatic rings. The van der Waals surface area contributed by atoms with Crippen LogP contribution in [-0.2, 0) is 16.0 Å². The summed E-state index contributed by atoms with van der Waals surface area (Å²) in [5, 5.41) is 9.24. The van der Waals surface area contributed by atoms with Crippen molar-refractivity contribution < 1.29 is 9.59 Å². The highest BCUT2D eigenvalue weighted by Gasteiger charge is 2.22. The lowest BCUT2D eigenvalue weighted by molar-refractivity contribution is -0.117. The van der Waals surface area contributed by atoms with Crippen molar-refractivity contribution in [2.75, 3.05) is 23.7 Å². The third-order valence-corrected chi connectivity index (χ3v) is 4.94. The lowest BCUT2D eigenvalue weighted by atomic mass is 9.85. The van der Waals surface area contributed by atoms with E-state index in [4.69, 9.17) is 0 Å². The largest absolute Gasteiger partial charge is 0.326 e. The molecule has 2 atom stereocenters. The first-order valence-electron chi connectivity index (χ1n) is 8.55. The highest BCUT2D eigenvalue weighted by molar-refractivity contribution is 5.96. The molecule has 0 spiro atoms. The van der Waals surface area contributed by atoms with E-state index in [1.807, 2.05) is 18.2 Å². The van der Waals surface area contributed by atoms with Crippen LogP contribution in [0.5, 0.6) is 0 Å². The van der Waals surface area contributed by atoms with Gasteiger partial charge in [0.25, 0.3) is 0 Å². The van der Waals surface area contributed by atoms with Gasteiger partial charge in [-0.15, -0.1) is 0 Å². The van der Waals surface area contributed by atoms with Gasteiger partial charge < -0.3 is 16.0 Å². The molecule has 2 unspecified atom stereocenters. The fraction of sp³-hybridized carbons (Fsp3) is 0.556. The molecule has 1 aromatic rings. The van der Waals surface area contributed by atoms with Crippen LogP contribution in [0.2, 0.25) is 0 Å². The van der Waals surface area contributed by atoms with Crippen LogP contribution in [0.3, 0.4) is 0 Å². The number of hydrogen-bond acceptors (Lipinski definition) is 3.